The minimum Gasteiger partial charge on any atom is -0.508 e. The Labute approximate surface area is 180 Å². The average Bonchev–Trinajstić information content (AvgIpc) is 2.75. The molecule has 0 bridgehead atoms. The molecule has 0 amide bonds. The van der Waals surface area contributed by atoms with Crippen LogP contribution in [0, 0.1) is 0 Å². The molecule has 0 radical (unpaired) electrons. The van der Waals surface area contributed by atoms with Gasteiger partial charge in [-0.3, -0.25) is 4.89 Å². The SMILES string of the molecule is CCCCCCCCOC(=O)c1cc(O)c(CCCCCCCC)cc1C(=O)OO. The van der Waals surface area contributed by atoms with Crippen LogP contribution in [0.25, 0.3) is 0 Å². The first-order valence-corrected chi connectivity index (χ1v) is 11.4. The topological polar surface area (TPSA) is 93.1 Å². The predicted molar refractivity (Wildman–Crippen MR) is 117 cm³/mol. The number of carbonyl (C=O) groups is 2. The second-order valence-corrected chi connectivity index (χ2v) is 7.83. The molecule has 0 aliphatic carbocycles. The first-order chi connectivity index (χ1) is 14.5. The molecule has 6 heteroatoms. The summed E-state index contributed by atoms with van der Waals surface area (Å²) in [5.41, 5.74) is 0.367. The lowest BCUT2D eigenvalue weighted by atomic mass is 9.98. The van der Waals surface area contributed by atoms with Crippen LogP contribution in [-0.2, 0) is 16.0 Å². The summed E-state index contributed by atoms with van der Waals surface area (Å²) in [6, 6.07) is 2.66. The van der Waals surface area contributed by atoms with Gasteiger partial charge in [0, 0.05) is 0 Å². The molecular weight excluding hydrogens is 384 g/mol. The minimum absolute atomic E-state index is 0.0513. The van der Waals surface area contributed by atoms with Gasteiger partial charge < -0.3 is 9.84 Å². The van der Waals surface area contributed by atoms with Gasteiger partial charge in [0.1, 0.15) is 5.75 Å². The molecule has 0 unspecified atom stereocenters. The summed E-state index contributed by atoms with van der Waals surface area (Å²) in [5.74, 6) is -1.79. The molecule has 6 nitrogen and oxygen atoms in total. The van der Waals surface area contributed by atoms with Gasteiger partial charge in [-0.1, -0.05) is 78.1 Å². The Hall–Kier alpha value is -2.08. The maximum atomic E-state index is 12.4. The standard InChI is InChI=1S/C24H38O6/c1-3-5-7-9-11-13-15-19-17-20(24(27)30-28)21(18-22(19)25)23(26)29-16-14-12-10-8-6-4-2/h17-18,25,28H,3-16H2,1-2H3. The first kappa shape index (κ1) is 26.0. The predicted octanol–water partition coefficient (Wildman–Crippen LogP) is 6.44. The molecule has 30 heavy (non-hydrogen) atoms. The number of esters is 1. The summed E-state index contributed by atoms with van der Waals surface area (Å²) in [5, 5.41) is 19.1. The summed E-state index contributed by atoms with van der Waals surface area (Å²) in [4.78, 5) is 28.2. The summed E-state index contributed by atoms with van der Waals surface area (Å²) in [7, 11) is 0. The van der Waals surface area contributed by atoms with E-state index in [0.717, 1.165) is 38.5 Å². The van der Waals surface area contributed by atoms with E-state index in [1.807, 2.05) is 0 Å². The van der Waals surface area contributed by atoms with Crippen molar-refractivity contribution in [2.45, 2.75) is 97.3 Å². The van der Waals surface area contributed by atoms with E-state index >= 15 is 0 Å². The average molecular weight is 423 g/mol. The Kier molecular flexibility index (Phi) is 13.6. The third kappa shape index (κ3) is 9.61. The lowest BCUT2D eigenvalue weighted by Gasteiger charge is -2.12. The van der Waals surface area contributed by atoms with Crippen molar-refractivity contribution in [3.05, 3.63) is 28.8 Å². The lowest BCUT2D eigenvalue weighted by molar-refractivity contribution is -0.182. The Morgan fingerprint density at radius 3 is 1.90 bits per heavy atom. The van der Waals surface area contributed by atoms with Crippen LogP contribution in [-0.4, -0.2) is 28.9 Å². The van der Waals surface area contributed by atoms with Crippen molar-refractivity contribution in [2.24, 2.45) is 0 Å². The van der Waals surface area contributed by atoms with Crippen molar-refractivity contribution in [3.63, 3.8) is 0 Å². The Bertz CT molecular complexity index is 641. The number of hydrogen-bond acceptors (Lipinski definition) is 6. The number of phenols is 1. The van der Waals surface area contributed by atoms with E-state index in [1.54, 1.807) is 0 Å². The van der Waals surface area contributed by atoms with Gasteiger partial charge in [0.05, 0.1) is 17.7 Å². The van der Waals surface area contributed by atoms with E-state index in [9.17, 15) is 14.7 Å². The second kappa shape index (κ2) is 15.7. The Balaban J connectivity index is 2.67. The second-order valence-electron chi connectivity index (χ2n) is 7.83. The van der Waals surface area contributed by atoms with Crippen LogP contribution in [0.3, 0.4) is 0 Å². The quantitative estimate of drug-likeness (QED) is 0.138. The van der Waals surface area contributed by atoms with Gasteiger partial charge in [0.25, 0.3) is 0 Å². The van der Waals surface area contributed by atoms with Gasteiger partial charge >= 0.3 is 11.9 Å². The highest BCUT2D eigenvalue weighted by atomic mass is 17.1. The van der Waals surface area contributed by atoms with Gasteiger partial charge in [-0.2, -0.15) is 5.26 Å². The summed E-state index contributed by atoms with van der Waals surface area (Å²) in [6.45, 7) is 4.57. The maximum absolute atomic E-state index is 12.4. The Morgan fingerprint density at radius 2 is 1.30 bits per heavy atom. The number of aromatic hydroxyl groups is 1. The van der Waals surface area contributed by atoms with Gasteiger partial charge in [0.15, 0.2) is 0 Å². The van der Waals surface area contributed by atoms with E-state index in [4.69, 9.17) is 9.99 Å². The summed E-state index contributed by atoms with van der Waals surface area (Å²) >= 11 is 0. The zero-order valence-electron chi connectivity index (χ0n) is 18.6. The molecule has 0 heterocycles. The highest BCUT2D eigenvalue weighted by Crippen LogP contribution is 2.26. The van der Waals surface area contributed by atoms with Crippen molar-refractivity contribution in [3.8, 4) is 5.75 Å². The molecule has 1 rings (SSSR count). The third-order valence-electron chi connectivity index (χ3n) is 5.27. The molecule has 0 saturated heterocycles. The number of carbonyl (C=O) groups excluding carboxylic acids is 2. The van der Waals surface area contributed by atoms with Crippen molar-refractivity contribution in [2.75, 3.05) is 6.61 Å². The van der Waals surface area contributed by atoms with Gasteiger partial charge in [-0.15, -0.1) is 0 Å². The third-order valence-corrected chi connectivity index (χ3v) is 5.27. The van der Waals surface area contributed by atoms with E-state index < -0.39 is 11.9 Å². The fourth-order valence-corrected chi connectivity index (χ4v) is 3.44. The summed E-state index contributed by atoms with van der Waals surface area (Å²) in [6.07, 6.45) is 13.6. The lowest BCUT2D eigenvalue weighted by Crippen LogP contribution is -2.14. The van der Waals surface area contributed by atoms with Gasteiger partial charge in [-0.05, 0) is 37.0 Å². The number of phenolic OH excluding ortho intramolecular Hbond substituents is 1. The number of hydrogen-bond donors (Lipinski definition) is 2. The molecule has 0 aromatic heterocycles. The van der Waals surface area contributed by atoms with Crippen LogP contribution in [0.1, 0.15) is 117 Å². The number of ether oxygens (including phenoxy) is 1. The number of rotatable bonds is 16. The molecule has 0 fully saturated rings. The zero-order valence-corrected chi connectivity index (χ0v) is 18.6. The number of benzene rings is 1. The fraction of sp³-hybridized carbons (Fsp3) is 0.667. The molecule has 2 N–H and O–H groups in total. The molecule has 170 valence electrons. The van der Waals surface area contributed by atoms with Crippen LogP contribution < -0.4 is 0 Å². The molecular formula is C24H38O6. The van der Waals surface area contributed by atoms with E-state index in [-0.39, 0.29) is 23.5 Å². The Morgan fingerprint density at radius 1 is 0.767 bits per heavy atom. The van der Waals surface area contributed by atoms with Crippen molar-refractivity contribution in [1.82, 2.24) is 0 Å². The molecule has 1 aromatic carbocycles. The van der Waals surface area contributed by atoms with Crippen LogP contribution in [0.4, 0.5) is 0 Å². The van der Waals surface area contributed by atoms with Crippen LogP contribution in [0.5, 0.6) is 5.75 Å². The van der Waals surface area contributed by atoms with E-state index in [0.29, 0.717) is 12.0 Å². The van der Waals surface area contributed by atoms with Crippen molar-refractivity contribution in [1.29, 1.82) is 0 Å². The normalized spacial score (nSPS) is 10.8. The highest BCUT2D eigenvalue weighted by molar-refractivity contribution is 6.03. The maximum Gasteiger partial charge on any atom is 0.373 e. The van der Waals surface area contributed by atoms with Crippen LogP contribution in [0.2, 0.25) is 0 Å². The number of aryl methyl sites for hydroxylation is 1. The summed E-state index contributed by atoms with van der Waals surface area (Å²) < 4.78 is 5.26. The first-order valence-electron chi connectivity index (χ1n) is 11.4. The molecule has 0 spiro atoms. The smallest absolute Gasteiger partial charge is 0.373 e. The monoisotopic (exact) mass is 422 g/mol. The van der Waals surface area contributed by atoms with E-state index in [1.165, 1.54) is 50.7 Å². The highest BCUT2D eigenvalue weighted by Gasteiger charge is 2.22. The zero-order chi connectivity index (χ0) is 22.2. The molecule has 1 aromatic rings. The molecule has 0 aliphatic rings. The molecule has 0 aliphatic heterocycles. The van der Waals surface area contributed by atoms with Gasteiger partial charge in [-0.25, -0.2) is 9.59 Å². The van der Waals surface area contributed by atoms with E-state index in [2.05, 4.69) is 18.7 Å². The van der Waals surface area contributed by atoms with Crippen molar-refractivity contribution >= 4 is 11.9 Å². The molecule has 0 atom stereocenters. The van der Waals surface area contributed by atoms with Gasteiger partial charge in [0.2, 0.25) is 0 Å². The minimum atomic E-state index is -1.04. The fourth-order valence-electron chi connectivity index (χ4n) is 3.44. The van der Waals surface area contributed by atoms with Crippen LogP contribution >= 0.6 is 0 Å². The van der Waals surface area contributed by atoms with Crippen molar-refractivity contribution < 1.29 is 29.6 Å². The van der Waals surface area contributed by atoms with Crippen LogP contribution in [0.15, 0.2) is 12.1 Å². The number of unbranched alkanes of at least 4 members (excludes halogenated alkanes) is 10. The molecule has 0 saturated carbocycles. The largest absolute Gasteiger partial charge is 0.508 e.